The lowest BCUT2D eigenvalue weighted by atomic mass is 9.95. The van der Waals surface area contributed by atoms with Crippen molar-refractivity contribution < 1.29 is 45.7 Å². The van der Waals surface area contributed by atoms with Gasteiger partial charge in [-0.3, -0.25) is 9.69 Å². The Labute approximate surface area is 271 Å². The summed E-state index contributed by atoms with van der Waals surface area (Å²) in [6.07, 6.45) is -2.36. The number of carbonyl (C=O) groups is 1. The van der Waals surface area contributed by atoms with E-state index in [0.717, 1.165) is 45.9 Å². The number of fused-ring (bicyclic) bond motifs is 4. The normalized spacial score (nSPS) is 25.2. The molecule has 7 rings (SSSR count). The fourth-order valence-electron chi connectivity index (χ4n) is 7.83. The zero-order valence-corrected chi connectivity index (χ0v) is 26.2. The molecule has 4 N–H and O–H groups in total. The van der Waals surface area contributed by atoms with Gasteiger partial charge in [-0.1, -0.05) is 0 Å². The molecule has 48 heavy (non-hydrogen) atoms. The number of benzene rings is 1. The summed E-state index contributed by atoms with van der Waals surface area (Å²) >= 11 is 0. The van der Waals surface area contributed by atoms with Gasteiger partial charge in [0.15, 0.2) is 17.4 Å². The maximum absolute atomic E-state index is 16.7. The van der Waals surface area contributed by atoms with Crippen molar-refractivity contribution in [3.05, 3.63) is 29.0 Å². The van der Waals surface area contributed by atoms with Crippen molar-refractivity contribution in [3.63, 3.8) is 0 Å². The summed E-state index contributed by atoms with van der Waals surface area (Å²) in [6.45, 7) is 2.81. The molecule has 6 heterocycles. The molecule has 17 heteroatoms. The van der Waals surface area contributed by atoms with E-state index in [4.69, 9.17) is 25.1 Å². The third-order valence-corrected chi connectivity index (χ3v) is 9.67. The number of anilines is 2. The largest absolute Gasteiger partial charge is 0.493 e. The van der Waals surface area contributed by atoms with Crippen LogP contribution in [0.3, 0.4) is 0 Å². The molecule has 0 aliphatic carbocycles. The Balaban J connectivity index is 0.00000129. The highest BCUT2D eigenvalue weighted by molar-refractivity contribution is 5.99. The molecule has 4 aliphatic rings. The Hall–Kier alpha value is -4.12. The maximum atomic E-state index is 16.7. The van der Waals surface area contributed by atoms with Crippen LogP contribution in [0.4, 0.5) is 38.0 Å². The third kappa shape index (κ3) is 5.90. The average molecular weight is 684 g/mol. The van der Waals surface area contributed by atoms with Crippen LogP contribution in [0, 0.1) is 18.6 Å². The zero-order valence-electron chi connectivity index (χ0n) is 26.2. The summed E-state index contributed by atoms with van der Waals surface area (Å²) in [5, 5.41) is 10.3. The van der Waals surface area contributed by atoms with Gasteiger partial charge in [0.2, 0.25) is 0 Å². The number of aryl methyl sites for hydroxylation is 1. The van der Waals surface area contributed by atoms with Crippen LogP contribution in [0.2, 0.25) is 0 Å². The lowest BCUT2D eigenvalue weighted by Gasteiger charge is -2.35. The fraction of sp³-hybridized carbons (Fsp3) is 0.548. The summed E-state index contributed by atoms with van der Waals surface area (Å²) in [7, 11) is 1.15. The van der Waals surface area contributed by atoms with Gasteiger partial charge in [-0.2, -0.15) is 23.1 Å². The van der Waals surface area contributed by atoms with Crippen LogP contribution in [0.5, 0.6) is 11.8 Å². The van der Waals surface area contributed by atoms with Crippen LogP contribution < -0.4 is 25.4 Å². The minimum atomic E-state index is -5.01. The second-order valence-corrected chi connectivity index (χ2v) is 12.7. The van der Waals surface area contributed by atoms with Gasteiger partial charge >= 0.3 is 12.2 Å². The topological polar surface area (TPSA) is 139 Å². The number of hydrogen-bond donors (Lipinski definition) is 3. The van der Waals surface area contributed by atoms with Gasteiger partial charge in [-0.15, -0.1) is 0 Å². The molecule has 0 amide bonds. The highest BCUT2D eigenvalue weighted by Crippen LogP contribution is 2.48. The van der Waals surface area contributed by atoms with Crippen LogP contribution >= 0.6 is 0 Å². The molecule has 2 unspecified atom stereocenters. The number of nitrogen functional groups attached to an aromatic ring is 1. The number of hydrogen-bond acceptors (Lipinski definition) is 10. The molecule has 2 bridgehead atoms. The molecule has 2 aromatic heterocycles. The molecule has 3 aromatic rings. The van der Waals surface area contributed by atoms with Crippen molar-refractivity contribution in [2.75, 3.05) is 50.5 Å². The summed E-state index contributed by atoms with van der Waals surface area (Å²) in [5.74, 6) is -3.41. The predicted molar refractivity (Wildman–Crippen MR) is 163 cm³/mol. The lowest BCUT2D eigenvalue weighted by Crippen LogP contribution is -2.51. The number of nitrogens with one attached hydrogen (secondary N) is 1. The highest BCUT2D eigenvalue weighted by atomic mass is 19.4. The third-order valence-electron chi connectivity index (χ3n) is 9.67. The number of nitrogens with zero attached hydrogens (tertiary/aromatic N) is 5. The van der Waals surface area contributed by atoms with Gasteiger partial charge in [-0.25, -0.2) is 18.2 Å². The first-order valence-electron chi connectivity index (χ1n) is 15.5. The van der Waals surface area contributed by atoms with Gasteiger partial charge in [-0.05, 0) is 45.2 Å². The molecule has 1 aromatic carbocycles. The minimum absolute atomic E-state index is 0.0380. The molecule has 0 saturated carbocycles. The number of ether oxygens (including phenoxy) is 2. The summed E-state index contributed by atoms with van der Waals surface area (Å²) in [4.78, 5) is 24.9. The number of methoxy groups -OCH3 is 1. The number of aromatic nitrogens is 3. The minimum Gasteiger partial charge on any atom is -0.493 e. The Morgan fingerprint density at radius 2 is 1.83 bits per heavy atom. The first-order valence-corrected chi connectivity index (χ1v) is 15.5. The van der Waals surface area contributed by atoms with Gasteiger partial charge < -0.3 is 30.5 Å². The number of rotatable bonds is 6. The number of nitrogens with two attached hydrogens (primary N) is 1. The van der Waals surface area contributed by atoms with E-state index in [1.54, 1.807) is 0 Å². The molecule has 4 aliphatic heterocycles. The molecular formula is C31H35F6N7O4. The molecule has 4 atom stereocenters. The highest BCUT2D eigenvalue weighted by Gasteiger charge is 2.49. The van der Waals surface area contributed by atoms with Crippen molar-refractivity contribution in [2.45, 2.75) is 69.0 Å². The Kier molecular flexibility index (Phi) is 8.95. The van der Waals surface area contributed by atoms with Crippen molar-refractivity contribution in [2.24, 2.45) is 0 Å². The monoisotopic (exact) mass is 683 g/mol. The molecule has 4 fully saturated rings. The summed E-state index contributed by atoms with van der Waals surface area (Å²) in [5.41, 5.74) is 1.04. The van der Waals surface area contributed by atoms with Crippen LogP contribution in [-0.4, -0.2) is 95.1 Å². The van der Waals surface area contributed by atoms with Gasteiger partial charge in [0, 0.05) is 43.7 Å². The number of halogens is 6. The number of pyridine rings is 1. The smallest absolute Gasteiger partial charge is 0.418 e. The molecule has 11 nitrogen and oxygen atoms in total. The van der Waals surface area contributed by atoms with Gasteiger partial charge in [0.25, 0.3) is 6.47 Å². The van der Waals surface area contributed by atoms with E-state index in [-0.39, 0.29) is 54.6 Å². The molecule has 0 spiro atoms. The van der Waals surface area contributed by atoms with E-state index in [0.29, 0.717) is 26.1 Å². The van der Waals surface area contributed by atoms with E-state index in [9.17, 15) is 17.6 Å². The fourth-order valence-corrected chi connectivity index (χ4v) is 7.83. The van der Waals surface area contributed by atoms with Crippen LogP contribution in [0.25, 0.3) is 22.0 Å². The second kappa shape index (κ2) is 12.7. The number of piperazine rings is 1. The Morgan fingerprint density at radius 1 is 1.15 bits per heavy atom. The quantitative estimate of drug-likeness (QED) is 0.250. The zero-order chi connectivity index (χ0) is 34.5. The summed E-state index contributed by atoms with van der Waals surface area (Å²) in [6, 6.07) is 0.770. The van der Waals surface area contributed by atoms with E-state index in [1.165, 1.54) is 0 Å². The second-order valence-electron chi connectivity index (χ2n) is 12.7. The SMILES string of the molecule is COc1c(F)c(-c2cc(N)nc(C)c2C(F)(F)F)c(F)c2nc(OC[C@@]34CCCN3C[C@H](F)C4)nc(N3CC4CCC(C3)N4)c12.O=CO. The van der Waals surface area contributed by atoms with Crippen molar-refractivity contribution >= 4 is 29.0 Å². The Morgan fingerprint density at radius 3 is 2.48 bits per heavy atom. The summed E-state index contributed by atoms with van der Waals surface area (Å²) < 4.78 is 102. The number of carboxylic acid groups (broad SMARTS) is 1. The average Bonchev–Trinajstić information content (AvgIpc) is 3.65. The molecular weight excluding hydrogens is 648 g/mol. The first-order chi connectivity index (χ1) is 22.8. The molecule has 0 radical (unpaired) electrons. The molecule has 4 saturated heterocycles. The van der Waals surface area contributed by atoms with E-state index < -0.39 is 63.2 Å². The van der Waals surface area contributed by atoms with Gasteiger partial charge in [0.1, 0.15) is 29.9 Å². The van der Waals surface area contributed by atoms with Crippen molar-refractivity contribution in [3.8, 4) is 22.9 Å². The first kappa shape index (κ1) is 33.8. The van der Waals surface area contributed by atoms with Gasteiger partial charge in [0.05, 0.1) is 34.9 Å². The number of alkyl halides is 4. The Bertz CT molecular complexity index is 1720. The molecule has 260 valence electrons. The van der Waals surface area contributed by atoms with E-state index >= 15 is 8.78 Å². The van der Waals surface area contributed by atoms with Crippen LogP contribution in [0.1, 0.15) is 43.4 Å². The van der Waals surface area contributed by atoms with E-state index in [2.05, 4.69) is 20.3 Å². The predicted octanol–water partition coefficient (Wildman–Crippen LogP) is 4.48. The van der Waals surface area contributed by atoms with Crippen LogP contribution in [-0.2, 0) is 11.0 Å². The van der Waals surface area contributed by atoms with Crippen LogP contribution in [0.15, 0.2) is 6.07 Å². The standard InChI is InChI=1S/C30H33F6N7O2.CH2O2/c1-14-22(30(34,35)36)18(8-19(37)38-14)20-23(32)25-21(26(44-2)24(20)33)27(42-11-16-4-5-17(12-42)39-16)41-28(40-25)45-13-29-6-3-7-43(29)10-15(31)9-29;2-1-3/h8,15-17,39H,3-7,9-13H2,1-2H3,(H2,37,38);1H,(H,2,3)/t15-,16?,17?,29+;/m1./s1. The van der Waals surface area contributed by atoms with Crippen molar-refractivity contribution in [1.29, 1.82) is 0 Å². The van der Waals surface area contributed by atoms with Crippen molar-refractivity contribution in [1.82, 2.24) is 25.2 Å². The van der Waals surface area contributed by atoms with E-state index in [1.807, 2.05) is 9.80 Å². The lowest BCUT2D eigenvalue weighted by molar-refractivity contribution is -0.137. The maximum Gasteiger partial charge on any atom is 0.418 e.